The van der Waals surface area contributed by atoms with Gasteiger partial charge in [-0.2, -0.15) is 0 Å². The number of rotatable bonds is 5. The monoisotopic (exact) mass is 239 g/mol. The molecule has 94 valence electrons. The van der Waals surface area contributed by atoms with E-state index in [0.717, 1.165) is 25.9 Å². The second-order valence-electron chi connectivity index (χ2n) is 4.32. The Balaban J connectivity index is 1.74. The van der Waals surface area contributed by atoms with Crippen molar-refractivity contribution in [3.8, 4) is 5.75 Å². The maximum Gasteiger partial charge on any atom is 0.123 e. The largest absolute Gasteiger partial charge is 0.492 e. The minimum absolute atomic E-state index is 0.219. The molecule has 1 fully saturated rings. The molecule has 1 heterocycles. The second-order valence-corrected chi connectivity index (χ2v) is 4.32. The van der Waals surface area contributed by atoms with E-state index in [-0.39, 0.29) is 18.5 Å². The van der Waals surface area contributed by atoms with Gasteiger partial charge in [-0.15, -0.1) is 0 Å². The van der Waals surface area contributed by atoms with E-state index in [4.69, 9.17) is 9.84 Å². The maximum absolute atomic E-state index is 12.7. The molecule has 0 aromatic heterocycles. The van der Waals surface area contributed by atoms with Gasteiger partial charge in [-0.1, -0.05) is 0 Å². The molecule has 0 spiro atoms. The van der Waals surface area contributed by atoms with Crippen LogP contribution in [-0.2, 0) is 0 Å². The summed E-state index contributed by atoms with van der Waals surface area (Å²) >= 11 is 0. The lowest BCUT2D eigenvalue weighted by molar-refractivity contribution is 0.139. The van der Waals surface area contributed by atoms with Crippen LogP contribution in [0.1, 0.15) is 12.8 Å². The maximum atomic E-state index is 12.7. The lowest BCUT2D eigenvalue weighted by atomic mass is 10.2. The number of hydrogen-bond donors (Lipinski definition) is 1. The zero-order chi connectivity index (χ0) is 12.1. The second kappa shape index (κ2) is 5.98. The number of aliphatic hydroxyl groups is 1. The van der Waals surface area contributed by atoms with Crippen LogP contribution in [0, 0.1) is 5.82 Å². The van der Waals surface area contributed by atoms with Crippen molar-refractivity contribution in [1.82, 2.24) is 4.90 Å². The zero-order valence-corrected chi connectivity index (χ0v) is 9.81. The van der Waals surface area contributed by atoms with Crippen LogP contribution in [-0.4, -0.2) is 42.4 Å². The van der Waals surface area contributed by atoms with Crippen molar-refractivity contribution >= 4 is 0 Å². The first kappa shape index (κ1) is 12.3. The Labute approximate surface area is 101 Å². The van der Waals surface area contributed by atoms with Gasteiger partial charge in [0.2, 0.25) is 0 Å². The van der Waals surface area contributed by atoms with Crippen molar-refractivity contribution in [3.05, 3.63) is 30.1 Å². The van der Waals surface area contributed by atoms with Crippen molar-refractivity contribution in [2.45, 2.75) is 18.9 Å². The van der Waals surface area contributed by atoms with Crippen LogP contribution in [0.3, 0.4) is 0 Å². The molecule has 1 aromatic rings. The summed E-state index contributed by atoms with van der Waals surface area (Å²) in [5.74, 6) is 0.434. The van der Waals surface area contributed by atoms with E-state index in [9.17, 15) is 4.39 Å². The summed E-state index contributed by atoms with van der Waals surface area (Å²) in [6.07, 6.45) is 2.20. The molecule has 1 N–H and O–H groups in total. The average Bonchev–Trinajstić information content (AvgIpc) is 2.79. The van der Waals surface area contributed by atoms with Crippen LogP contribution < -0.4 is 4.74 Å². The number of aliphatic hydroxyl groups excluding tert-OH is 1. The van der Waals surface area contributed by atoms with Gasteiger partial charge in [-0.3, -0.25) is 4.90 Å². The third kappa shape index (κ3) is 3.41. The van der Waals surface area contributed by atoms with Crippen molar-refractivity contribution < 1.29 is 14.2 Å². The van der Waals surface area contributed by atoms with Crippen molar-refractivity contribution in [2.24, 2.45) is 0 Å². The minimum atomic E-state index is -0.253. The van der Waals surface area contributed by atoms with Gasteiger partial charge in [0, 0.05) is 12.6 Å². The SMILES string of the molecule is OCC1CCCN1CCOc1ccc(F)cc1. The normalized spacial score (nSPS) is 20.7. The Kier molecular flexibility index (Phi) is 4.34. The molecule has 17 heavy (non-hydrogen) atoms. The zero-order valence-electron chi connectivity index (χ0n) is 9.81. The first-order chi connectivity index (χ1) is 8.29. The molecule has 0 radical (unpaired) electrons. The number of hydrogen-bond acceptors (Lipinski definition) is 3. The Morgan fingerprint density at radius 1 is 1.35 bits per heavy atom. The molecule has 1 atom stereocenters. The quantitative estimate of drug-likeness (QED) is 0.848. The van der Waals surface area contributed by atoms with E-state index in [1.54, 1.807) is 12.1 Å². The van der Waals surface area contributed by atoms with E-state index in [1.165, 1.54) is 12.1 Å². The summed E-state index contributed by atoms with van der Waals surface area (Å²) in [5.41, 5.74) is 0. The van der Waals surface area contributed by atoms with Crippen LogP contribution in [0.25, 0.3) is 0 Å². The molecule has 1 aliphatic rings. The van der Waals surface area contributed by atoms with E-state index < -0.39 is 0 Å². The number of benzene rings is 1. The molecule has 1 unspecified atom stereocenters. The summed E-state index contributed by atoms with van der Waals surface area (Å²) in [4.78, 5) is 2.24. The van der Waals surface area contributed by atoms with Crippen LogP contribution >= 0.6 is 0 Å². The summed E-state index contributed by atoms with van der Waals surface area (Å²) in [6, 6.07) is 6.32. The van der Waals surface area contributed by atoms with Crippen molar-refractivity contribution in [1.29, 1.82) is 0 Å². The predicted octanol–water partition coefficient (Wildman–Crippen LogP) is 1.66. The van der Waals surface area contributed by atoms with Gasteiger partial charge in [-0.25, -0.2) is 4.39 Å². The predicted molar refractivity (Wildman–Crippen MR) is 63.6 cm³/mol. The Morgan fingerprint density at radius 3 is 2.82 bits per heavy atom. The summed E-state index contributed by atoms with van der Waals surface area (Å²) in [7, 11) is 0. The van der Waals surface area contributed by atoms with E-state index in [2.05, 4.69) is 4.90 Å². The van der Waals surface area contributed by atoms with Gasteiger partial charge in [0.25, 0.3) is 0 Å². The molecule has 4 heteroatoms. The molecule has 1 saturated heterocycles. The topological polar surface area (TPSA) is 32.7 Å². The number of nitrogens with zero attached hydrogens (tertiary/aromatic N) is 1. The third-order valence-electron chi connectivity index (χ3n) is 3.17. The Morgan fingerprint density at radius 2 is 2.12 bits per heavy atom. The molecule has 0 amide bonds. The molecule has 2 rings (SSSR count). The highest BCUT2D eigenvalue weighted by molar-refractivity contribution is 5.21. The van der Waals surface area contributed by atoms with Crippen LogP contribution in [0.5, 0.6) is 5.75 Å². The fourth-order valence-corrected chi connectivity index (χ4v) is 2.21. The number of ether oxygens (including phenoxy) is 1. The third-order valence-corrected chi connectivity index (χ3v) is 3.17. The van der Waals surface area contributed by atoms with Gasteiger partial charge in [0.05, 0.1) is 6.61 Å². The standard InChI is InChI=1S/C13H18FNO2/c14-11-3-5-13(6-4-11)17-9-8-15-7-1-2-12(15)10-16/h3-6,12,16H,1-2,7-10H2. The first-order valence-electron chi connectivity index (χ1n) is 6.03. The van der Waals surface area contributed by atoms with E-state index >= 15 is 0 Å². The summed E-state index contributed by atoms with van der Waals surface area (Å²) in [6.45, 7) is 2.62. The van der Waals surface area contributed by atoms with Crippen LogP contribution in [0.2, 0.25) is 0 Å². The smallest absolute Gasteiger partial charge is 0.123 e. The van der Waals surface area contributed by atoms with Gasteiger partial charge in [-0.05, 0) is 43.7 Å². The van der Waals surface area contributed by atoms with Gasteiger partial charge < -0.3 is 9.84 Å². The highest BCUT2D eigenvalue weighted by atomic mass is 19.1. The van der Waals surface area contributed by atoms with Gasteiger partial charge in [0.15, 0.2) is 0 Å². The highest BCUT2D eigenvalue weighted by Gasteiger charge is 2.22. The van der Waals surface area contributed by atoms with Crippen LogP contribution in [0.15, 0.2) is 24.3 Å². The molecule has 3 nitrogen and oxygen atoms in total. The lowest BCUT2D eigenvalue weighted by Crippen LogP contribution is -2.35. The molecular weight excluding hydrogens is 221 g/mol. The van der Waals surface area contributed by atoms with Gasteiger partial charge in [0.1, 0.15) is 18.2 Å². The highest BCUT2D eigenvalue weighted by Crippen LogP contribution is 2.16. The molecule has 1 aliphatic heterocycles. The molecular formula is C13H18FNO2. The van der Waals surface area contributed by atoms with Gasteiger partial charge >= 0.3 is 0 Å². The fourth-order valence-electron chi connectivity index (χ4n) is 2.21. The van der Waals surface area contributed by atoms with Crippen LogP contribution in [0.4, 0.5) is 4.39 Å². The van der Waals surface area contributed by atoms with Crippen molar-refractivity contribution in [2.75, 3.05) is 26.3 Å². The fraction of sp³-hybridized carbons (Fsp3) is 0.538. The Hall–Kier alpha value is -1.13. The first-order valence-corrected chi connectivity index (χ1v) is 6.03. The van der Waals surface area contributed by atoms with Crippen molar-refractivity contribution in [3.63, 3.8) is 0 Å². The lowest BCUT2D eigenvalue weighted by Gasteiger charge is -2.22. The van der Waals surface area contributed by atoms with E-state index in [0.29, 0.717) is 12.4 Å². The summed E-state index contributed by atoms with van der Waals surface area (Å²) in [5, 5.41) is 9.16. The number of halogens is 1. The molecule has 0 saturated carbocycles. The molecule has 0 aliphatic carbocycles. The average molecular weight is 239 g/mol. The minimum Gasteiger partial charge on any atom is -0.492 e. The number of likely N-dealkylation sites (tertiary alicyclic amines) is 1. The molecule has 1 aromatic carbocycles. The molecule has 0 bridgehead atoms. The Bertz CT molecular complexity index is 342. The summed E-state index contributed by atoms with van der Waals surface area (Å²) < 4.78 is 18.2. The van der Waals surface area contributed by atoms with E-state index in [1.807, 2.05) is 0 Å².